The summed E-state index contributed by atoms with van der Waals surface area (Å²) in [6.07, 6.45) is 2.30. The molecule has 0 aromatic heterocycles. The zero-order valence-corrected chi connectivity index (χ0v) is 13.9. The minimum absolute atomic E-state index is 0.0389. The molecule has 0 fully saturated rings. The third kappa shape index (κ3) is 4.30. The molecule has 0 spiro atoms. The van der Waals surface area contributed by atoms with Crippen LogP contribution in [0.4, 0.5) is 0 Å². The van der Waals surface area contributed by atoms with Crippen molar-refractivity contribution < 1.29 is 13.5 Å². The average Bonchev–Trinajstić information content (AvgIpc) is 2.47. The molecule has 1 aromatic carbocycles. The molecule has 0 aliphatic carbocycles. The van der Waals surface area contributed by atoms with Gasteiger partial charge >= 0.3 is 0 Å². The molecule has 4 nitrogen and oxygen atoms in total. The fraction of sp³-hybridized carbons (Fsp3) is 0.467. The van der Waals surface area contributed by atoms with Gasteiger partial charge in [-0.1, -0.05) is 37.9 Å². The minimum atomic E-state index is -3.70. The molecule has 0 saturated heterocycles. The average molecular weight is 332 g/mol. The molecule has 21 heavy (non-hydrogen) atoms. The van der Waals surface area contributed by atoms with Crippen LogP contribution >= 0.6 is 11.6 Å². The quantitative estimate of drug-likeness (QED) is 0.745. The summed E-state index contributed by atoms with van der Waals surface area (Å²) in [7, 11) is -3.70. The Morgan fingerprint density at radius 3 is 2.38 bits per heavy atom. The van der Waals surface area contributed by atoms with Crippen LogP contribution in [0.1, 0.15) is 20.3 Å². The predicted molar refractivity (Wildman–Crippen MR) is 85.9 cm³/mol. The molecular formula is C15H22ClNO3S. The van der Waals surface area contributed by atoms with E-state index in [1.54, 1.807) is 0 Å². The SMILES string of the molecule is C=CCN([C@H](CO)[C@@H](C)CC)S(=O)(=O)c1ccc(Cl)cc1. The van der Waals surface area contributed by atoms with Crippen molar-refractivity contribution in [2.24, 2.45) is 5.92 Å². The van der Waals surface area contributed by atoms with Crippen LogP contribution in [0, 0.1) is 5.92 Å². The van der Waals surface area contributed by atoms with Gasteiger partial charge in [0.25, 0.3) is 0 Å². The Labute approximate surface area is 132 Å². The number of benzene rings is 1. The Morgan fingerprint density at radius 2 is 1.95 bits per heavy atom. The number of halogens is 1. The van der Waals surface area contributed by atoms with Crippen molar-refractivity contribution in [1.29, 1.82) is 0 Å². The van der Waals surface area contributed by atoms with E-state index in [9.17, 15) is 13.5 Å². The summed E-state index contributed by atoms with van der Waals surface area (Å²) in [6, 6.07) is 5.54. The van der Waals surface area contributed by atoms with Crippen LogP contribution in [-0.4, -0.2) is 37.0 Å². The third-order valence-electron chi connectivity index (χ3n) is 3.59. The zero-order valence-electron chi connectivity index (χ0n) is 12.4. The van der Waals surface area contributed by atoms with Gasteiger partial charge in [0.1, 0.15) is 0 Å². The Kier molecular flexibility index (Phi) is 6.87. The van der Waals surface area contributed by atoms with Crippen molar-refractivity contribution >= 4 is 21.6 Å². The van der Waals surface area contributed by atoms with Crippen molar-refractivity contribution in [2.75, 3.05) is 13.2 Å². The van der Waals surface area contributed by atoms with Crippen molar-refractivity contribution in [2.45, 2.75) is 31.2 Å². The molecular weight excluding hydrogens is 310 g/mol. The molecule has 118 valence electrons. The number of hydrogen-bond acceptors (Lipinski definition) is 3. The number of aliphatic hydroxyl groups excluding tert-OH is 1. The zero-order chi connectivity index (χ0) is 16.0. The van der Waals surface area contributed by atoms with Gasteiger partial charge in [-0.2, -0.15) is 4.31 Å². The molecule has 0 aliphatic heterocycles. The standard InChI is InChI=1S/C15H22ClNO3S/c1-4-10-17(15(11-18)12(3)5-2)21(19,20)14-8-6-13(16)7-9-14/h4,6-9,12,15,18H,1,5,10-11H2,2-3H3/t12-,15+/m0/s1. The van der Waals surface area contributed by atoms with Gasteiger partial charge in [0.15, 0.2) is 0 Å². The van der Waals surface area contributed by atoms with E-state index >= 15 is 0 Å². The smallest absolute Gasteiger partial charge is 0.243 e. The molecule has 0 aliphatic rings. The summed E-state index contributed by atoms with van der Waals surface area (Å²) < 4.78 is 26.9. The van der Waals surface area contributed by atoms with Crippen LogP contribution in [0.25, 0.3) is 0 Å². The lowest BCUT2D eigenvalue weighted by atomic mass is 10.00. The van der Waals surface area contributed by atoms with Crippen molar-refractivity contribution in [3.63, 3.8) is 0 Å². The molecule has 0 amide bonds. The maximum absolute atomic E-state index is 12.8. The van der Waals surface area contributed by atoms with E-state index in [0.29, 0.717) is 5.02 Å². The lowest BCUT2D eigenvalue weighted by Crippen LogP contribution is -2.46. The van der Waals surface area contributed by atoms with E-state index in [1.165, 1.54) is 34.6 Å². The first-order valence-electron chi connectivity index (χ1n) is 6.87. The summed E-state index contributed by atoms with van der Waals surface area (Å²) in [4.78, 5) is 0.163. The summed E-state index contributed by atoms with van der Waals surface area (Å²) in [5.74, 6) is 0.0389. The topological polar surface area (TPSA) is 57.6 Å². The first-order chi connectivity index (χ1) is 9.88. The number of sulfonamides is 1. The first kappa shape index (κ1) is 18.2. The van der Waals surface area contributed by atoms with E-state index in [-0.39, 0.29) is 24.0 Å². The number of nitrogens with zero attached hydrogens (tertiary/aromatic N) is 1. The van der Waals surface area contributed by atoms with Crippen LogP contribution in [0.15, 0.2) is 41.8 Å². The molecule has 0 saturated carbocycles. The third-order valence-corrected chi connectivity index (χ3v) is 5.74. The van der Waals surface area contributed by atoms with Gasteiger partial charge < -0.3 is 5.11 Å². The highest BCUT2D eigenvalue weighted by Crippen LogP contribution is 2.24. The molecule has 0 heterocycles. The minimum Gasteiger partial charge on any atom is -0.395 e. The fourth-order valence-corrected chi connectivity index (χ4v) is 3.92. The monoisotopic (exact) mass is 331 g/mol. The first-order valence-corrected chi connectivity index (χ1v) is 8.69. The number of hydrogen-bond donors (Lipinski definition) is 1. The maximum atomic E-state index is 12.8. The van der Waals surface area contributed by atoms with Crippen molar-refractivity contribution in [3.05, 3.63) is 41.9 Å². The molecule has 1 N–H and O–H groups in total. The summed E-state index contributed by atoms with van der Waals surface area (Å²) in [6.45, 7) is 7.43. The van der Waals surface area contributed by atoms with Gasteiger partial charge in [-0.05, 0) is 30.2 Å². The van der Waals surface area contributed by atoms with Gasteiger partial charge in [-0.3, -0.25) is 0 Å². The molecule has 0 bridgehead atoms. The van der Waals surface area contributed by atoms with Gasteiger partial charge in [-0.15, -0.1) is 6.58 Å². The van der Waals surface area contributed by atoms with Gasteiger partial charge in [-0.25, -0.2) is 8.42 Å². The highest BCUT2D eigenvalue weighted by atomic mass is 35.5. The van der Waals surface area contributed by atoms with E-state index in [2.05, 4.69) is 6.58 Å². The van der Waals surface area contributed by atoms with Crippen LogP contribution in [0.2, 0.25) is 5.02 Å². The molecule has 0 unspecified atom stereocenters. The number of aliphatic hydroxyl groups is 1. The molecule has 1 rings (SSSR count). The maximum Gasteiger partial charge on any atom is 0.243 e. The van der Waals surface area contributed by atoms with E-state index in [4.69, 9.17) is 11.6 Å². The van der Waals surface area contributed by atoms with E-state index in [0.717, 1.165) is 6.42 Å². The normalized spacial score (nSPS) is 14.9. The molecule has 2 atom stereocenters. The van der Waals surface area contributed by atoms with E-state index in [1.807, 2.05) is 13.8 Å². The Bertz CT molecular complexity index is 557. The van der Waals surface area contributed by atoms with Crippen molar-refractivity contribution in [1.82, 2.24) is 4.31 Å². The second kappa shape index (κ2) is 7.94. The molecule has 1 aromatic rings. The van der Waals surface area contributed by atoms with Crippen LogP contribution in [-0.2, 0) is 10.0 Å². The van der Waals surface area contributed by atoms with Crippen LogP contribution in [0.3, 0.4) is 0 Å². The fourth-order valence-electron chi connectivity index (χ4n) is 2.11. The second-order valence-electron chi connectivity index (χ2n) is 4.95. The summed E-state index contributed by atoms with van der Waals surface area (Å²) in [5.41, 5.74) is 0. The summed E-state index contributed by atoms with van der Waals surface area (Å²) >= 11 is 5.80. The van der Waals surface area contributed by atoms with E-state index < -0.39 is 16.1 Å². The Hall–Kier alpha value is -0.880. The van der Waals surface area contributed by atoms with Gasteiger partial charge in [0, 0.05) is 11.6 Å². The second-order valence-corrected chi connectivity index (χ2v) is 7.28. The highest BCUT2D eigenvalue weighted by Gasteiger charge is 2.32. The lowest BCUT2D eigenvalue weighted by molar-refractivity contribution is 0.150. The van der Waals surface area contributed by atoms with Crippen LogP contribution < -0.4 is 0 Å². The highest BCUT2D eigenvalue weighted by molar-refractivity contribution is 7.89. The van der Waals surface area contributed by atoms with Gasteiger partial charge in [0.2, 0.25) is 10.0 Å². The largest absolute Gasteiger partial charge is 0.395 e. The summed E-state index contributed by atoms with van der Waals surface area (Å²) in [5, 5.41) is 10.1. The number of rotatable bonds is 8. The Balaban J connectivity index is 3.24. The molecule has 6 heteroatoms. The van der Waals surface area contributed by atoms with Crippen molar-refractivity contribution in [3.8, 4) is 0 Å². The predicted octanol–water partition coefficient (Wildman–Crippen LogP) is 2.92. The molecule has 0 radical (unpaired) electrons. The Morgan fingerprint density at radius 1 is 1.38 bits per heavy atom. The van der Waals surface area contributed by atoms with Gasteiger partial charge in [0.05, 0.1) is 17.5 Å². The lowest BCUT2D eigenvalue weighted by Gasteiger charge is -2.32. The van der Waals surface area contributed by atoms with Crippen LogP contribution in [0.5, 0.6) is 0 Å².